The Morgan fingerprint density at radius 1 is 0.800 bits per heavy atom. The Hall–Kier alpha value is -4.13. The first-order chi connectivity index (χ1) is 23.8. The zero-order valence-electron chi connectivity index (χ0n) is 28.3. The van der Waals surface area contributed by atoms with Crippen molar-refractivity contribution in [2.45, 2.75) is 82.8 Å². The lowest BCUT2D eigenvalue weighted by Crippen LogP contribution is -2.55. The van der Waals surface area contributed by atoms with Gasteiger partial charge in [-0.15, -0.1) is 0 Å². The van der Waals surface area contributed by atoms with E-state index in [1.807, 2.05) is 48.5 Å². The van der Waals surface area contributed by atoms with E-state index in [4.69, 9.17) is 10.2 Å². The third-order valence-electron chi connectivity index (χ3n) is 9.32. The molecule has 1 saturated heterocycles. The lowest BCUT2D eigenvalue weighted by Gasteiger charge is -2.48. The number of unbranched alkanes of at least 4 members (excludes halogenated alkanes) is 4. The number of benzene rings is 3. The average Bonchev–Trinajstić information content (AvgIpc) is 3.07. The topological polar surface area (TPSA) is 161 Å². The van der Waals surface area contributed by atoms with Gasteiger partial charge in [-0.2, -0.15) is 0 Å². The molecule has 4 rings (SSSR count). The number of aliphatic hydroxyl groups is 1. The van der Waals surface area contributed by atoms with Crippen LogP contribution in [0.4, 0.5) is 10.1 Å². The summed E-state index contributed by atoms with van der Waals surface area (Å²) in [5.41, 5.74) is 4.48. The van der Waals surface area contributed by atoms with E-state index >= 15 is 0 Å². The number of sulfonamides is 1. The van der Waals surface area contributed by atoms with Crippen LogP contribution < -0.4 is 9.62 Å². The summed E-state index contributed by atoms with van der Waals surface area (Å²) in [6, 6.07) is 21.3. The molecule has 0 radical (unpaired) electrons. The van der Waals surface area contributed by atoms with Gasteiger partial charge in [0.15, 0.2) is 5.92 Å². The van der Waals surface area contributed by atoms with Crippen molar-refractivity contribution in [2.24, 2.45) is 11.8 Å². The number of carboxylic acid groups (broad SMARTS) is 2. The van der Waals surface area contributed by atoms with Gasteiger partial charge in [0, 0.05) is 12.2 Å². The van der Waals surface area contributed by atoms with Crippen LogP contribution >= 0.6 is 0 Å². The minimum Gasteiger partial charge on any atom is -0.481 e. The quantitative estimate of drug-likeness (QED) is 0.0578. The predicted octanol–water partition coefficient (Wildman–Crippen LogP) is 6.19. The highest BCUT2D eigenvalue weighted by Gasteiger charge is 2.48. The normalized spacial score (nSPS) is 16.7. The molecule has 1 fully saturated rings. The number of carbonyl (C=O) groups is 3. The zero-order valence-corrected chi connectivity index (χ0v) is 29.2. The van der Waals surface area contributed by atoms with Gasteiger partial charge in [-0.25, -0.2) is 17.5 Å². The molecule has 0 bridgehead atoms. The van der Waals surface area contributed by atoms with E-state index in [0.717, 1.165) is 60.7 Å². The Bertz CT molecular complexity index is 1670. The van der Waals surface area contributed by atoms with Crippen LogP contribution in [0.15, 0.2) is 72.8 Å². The molecule has 0 saturated carbocycles. The van der Waals surface area contributed by atoms with Crippen molar-refractivity contribution in [1.82, 2.24) is 4.72 Å². The van der Waals surface area contributed by atoms with Crippen LogP contribution in [0, 0.1) is 17.7 Å². The second-order valence-electron chi connectivity index (χ2n) is 13.1. The van der Waals surface area contributed by atoms with Crippen molar-refractivity contribution >= 4 is 33.6 Å². The number of halogens is 1. The van der Waals surface area contributed by atoms with Gasteiger partial charge in [-0.1, -0.05) is 67.8 Å². The molecule has 0 unspecified atom stereocenters. The van der Waals surface area contributed by atoms with Gasteiger partial charge in [-0.3, -0.25) is 14.4 Å². The number of carboxylic acids is 2. The zero-order chi connectivity index (χ0) is 36.3. The lowest BCUT2D eigenvalue weighted by atomic mass is 9.78. The maximum Gasteiger partial charge on any atom is 0.317 e. The van der Waals surface area contributed by atoms with Crippen LogP contribution in [-0.4, -0.2) is 54.4 Å². The van der Waals surface area contributed by atoms with Gasteiger partial charge < -0.3 is 20.2 Å². The van der Waals surface area contributed by atoms with Crippen LogP contribution in [0.1, 0.15) is 92.2 Å². The molecule has 0 aliphatic carbocycles. The number of rotatable bonds is 21. The minimum atomic E-state index is -3.16. The van der Waals surface area contributed by atoms with Gasteiger partial charge in [0.05, 0.1) is 24.3 Å². The number of carbonyl (C=O) groups excluding carboxylic acids is 1. The van der Waals surface area contributed by atoms with Crippen molar-refractivity contribution in [3.63, 3.8) is 0 Å². The number of β-lactam (4-membered cyclic amide) rings is 1. The number of aryl methyl sites for hydroxylation is 2. The number of anilines is 1. The van der Waals surface area contributed by atoms with E-state index in [2.05, 4.69) is 4.72 Å². The highest BCUT2D eigenvalue weighted by molar-refractivity contribution is 7.88. The monoisotopic (exact) mass is 710 g/mol. The SMILES string of the molecule is CS(=O)(=O)NCCCCCCc1ccc(N2C(=O)[C@H](CC[C@H](O)c3ccc(F)cc3)[C@H]2c2ccc(CCCCC(C(=O)O)C(=O)O)cc2)cc1. The fourth-order valence-corrected chi connectivity index (χ4v) is 7.00. The minimum absolute atomic E-state index is 0.0350. The highest BCUT2D eigenvalue weighted by Crippen LogP contribution is 2.46. The van der Waals surface area contributed by atoms with Crippen molar-refractivity contribution in [3.8, 4) is 0 Å². The molecule has 1 heterocycles. The summed E-state index contributed by atoms with van der Waals surface area (Å²) in [7, 11) is -3.16. The van der Waals surface area contributed by atoms with Gasteiger partial charge in [0.1, 0.15) is 5.82 Å². The van der Waals surface area contributed by atoms with E-state index in [9.17, 15) is 32.3 Å². The Labute approximate surface area is 293 Å². The molecular formula is C38H47FN2O8S. The first-order valence-electron chi connectivity index (χ1n) is 17.2. The second-order valence-corrected chi connectivity index (χ2v) is 15.0. The molecule has 0 aromatic heterocycles. The average molecular weight is 711 g/mol. The Balaban J connectivity index is 1.39. The largest absolute Gasteiger partial charge is 0.481 e. The predicted molar refractivity (Wildman–Crippen MR) is 189 cm³/mol. The molecular weight excluding hydrogens is 663 g/mol. The summed E-state index contributed by atoms with van der Waals surface area (Å²) in [6.07, 6.45) is 7.45. The van der Waals surface area contributed by atoms with E-state index < -0.39 is 34.0 Å². The molecule has 1 amide bonds. The summed E-state index contributed by atoms with van der Waals surface area (Å²) in [5.74, 6) is -4.85. The fourth-order valence-electron chi connectivity index (χ4n) is 6.49. The molecule has 3 aromatic rings. The summed E-state index contributed by atoms with van der Waals surface area (Å²) < 4.78 is 38.3. The Morgan fingerprint density at radius 3 is 1.94 bits per heavy atom. The number of hydrogen-bond donors (Lipinski definition) is 4. The molecule has 1 aliphatic rings. The van der Waals surface area contributed by atoms with E-state index in [-0.39, 0.29) is 30.1 Å². The molecule has 12 heteroatoms. The van der Waals surface area contributed by atoms with Gasteiger partial charge >= 0.3 is 11.9 Å². The number of nitrogens with zero attached hydrogens (tertiary/aromatic N) is 1. The van der Waals surface area contributed by atoms with Crippen LogP contribution in [0.5, 0.6) is 0 Å². The van der Waals surface area contributed by atoms with Crippen molar-refractivity contribution in [1.29, 1.82) is 0 Å². The molecule has 50 heavy (non-hydrogen) atoms. The van der Waals surface area contributed by atoms with Crippen molar-refractivity contribution in [3.05, 3.63) is 101 Å². The molecule has 3 atom stereocenters. The molecule has 10 nitrogen and oxygen atoms in total. The maximum absolute atomic E-state index is 13.6. The summed E-state index contributed by atoms with van der Waals surface area (Å²) in [4.78, 5) is 37.8. The van der Waals surface area contributed by atoms with E-state index in [0.29, 0.717) is 44.2 Å². The van der Waals surface area contributed by atoms with Crippen LogP contribution in [0.3, 0.4) is 0 Å². The number of amides is 1. The molecule has 1 aliphatic heterocycles. The maximum atomic E-state index is 13.6. The van der Waals surface area contributed by atoms with Crippen LogP contribution in [-0.2, 0) is 37.2 Å². The summed E-state index contributed by atoms with van der Waals surface area (Å²) in [5, 5.41) is 29.0. The number of aliphatic carboxylic acids is 2. The van der Waals surface area contributed by atoms with Crippen molar-refractivity contribution in [2.75, 3.05) is 17.7 Å². The Morgan fingerprint density at radius 2 is 1.36 bits per heavy atom. The van der Waals surface area contributed by atoms with Crippen LogP contribution in [0.2, 0.25) is 0 Å². The summed E-state index contributed by atoms with van der Waals surface area (Å²) in [6.45, 7) is 0.442. The smallest absolute Gasteiger partial charge is 0.317 e. The molecule has 270 valence electrons. The second kappa shape index (κ2) is 18.2. The standard InChI is InChI=1S/C38H47FN2O8S/c1-50(48,49)40-25-7-3-2-4-8-27-13-21-31(22-14-27)41-35(32(36(41)43)23-24-34(42)28-17-19-30(39)20-18-28)29-15-11-26(12-16-29)9-5-6-10-33(37(44)45)38(46)47/h11-22,32-35,40,42H,2-10,23-25H2,1H3,(H,44,45)(H,46,47)/t32-,34+,35-/m1/s1. The van der Waals surface area contributed by atoms with Crippen molar-refractivity contribution < 1.29 is 42.5 Å². The third kappa shape index (κ3) is 11.2. The van der Waals surface area contributed by atoms with Crippen LogP contribution in [0.25, 0.3) is 0 Å². The number of hydrogen-bond acceptors (Lipinski definition) is 6. The highest BCUT2D eigenvalue weighted by atomic mass is 32.2. The van der Waals surface area contributed by atoms with Gasteiger partial charge in [0.2, 0.25) is 15.9 Å². The Kier molecular flexibility index (Phi) is 14.1. The number of aliphatic hydroxyl groups excluding tert-OH is 1. The molecule has 3 aromatic carbocycles. The lowest BCUT2D eigenvalue weighted by molar-refractivity contribution is -0.154. The first kappa shape index (κ1) is 38.7. The summed E-state index contributed by atoms with van der Waals surface area (Å²) >= 11 is 0. The first-order valence-corrected chi connectivity index (χ1v) is 19.1. The number of nitrogens with one attached hydrogen (secondary N) is 1. The molecule has 4 N–H and O–H groups in total. The van der Waals surface area contributed by atoms with E-state index in [1.165, 1.54) is 12.1 Å². The fraction of sp³-hybridized carbons (Fsp3) is 0.447. The third-order valence-corrected chi connectivity index (χ3v) is 10.0. The molecule has 0 spiro atoms. The van der Waals surface area contributed by atoms with Gasteiger partial charge in [-0.05, 0) is 97.9 Å². The van der Waals surface area contributed by atoms with Gasteiger partial charge in [0.25, 0.3) is 0 Å². The van der Waals surface area contributed by atoms with E-state index in [1.54, 1.807) is 17.0 Å².